The maximum absolute atomic E-state index is 12.2. The molecule has 0 aromatic heterocycles. The fourth-order valence-electron chi connectivity index (χ4n) is 2.21. The van der Waals surface area contributed by atoms with Crippen LogP contribution in [0.5, 0.6) is 0 Å². The number of ether oxygens (including phenoxy) is 1. The molecule has 1 aliphatic rings. The van der Waals surface area contributed by atoms with E-state index in [0.717, 1.165) is 27.5 Å². The van der Waals surface area contributed by atoms with Gasteiger partial charge in [0.25, 0.3) is 5.91 Å². The Bertz CT molecular complexity index is 865. The molecule has 1 fully saturated rings. The zero-order valence-electron chi connectivity index (χ0n) is 16.4. The molecule has 2 rings (SSSR count). The third kappa shape index (κ3) is 8.04. The number of nitrogens with one attached hydrogen (secondary N) is 1. The summed E-state index contributed by atoms with van der Waals surface area (Å²) >= 11 is 0. The van der Waals surface area contributed by atoms with Crippen molar-refractivity contribution in [3.8, 4) is 0 Å². The number of carbonyl (C=O) groups is 3. The Hall–Kier alpha value is -2.72. The fourth-order valence-corrected chi connectivity index (χ4v) is 3.03. The second kappa shape index (κ2) is 10.2. The highest BCUT2D eigenvalue weighted by molar-refractivity contribution is 7.92. The number of benzene rings is 1. The van der Waals surface area contributed by atoms with Crippen LogP contribution in [0.2, 0.25) is 0 Å². The zero-order valence-corrected chi connectivity index (χ0v) is 17.2. The molecule has 0 atom stereocenters. The van der Waals surface area contributed by atoms with Gasteiger partial charge in [-0.25, -0.2) is 8.42 Å². The highest BCUT2D eigenvalue weighted by Crippen LogP contribution is 2.18. The first-order valence-electron chi connectivity index (χ1n) is 9.06. The van der Waals surface area contributed by atoms with Crippen molar-refractivity contribution in [2.24, 2.45) is 0 Å². The molecular formula is C19H25N3O6S. The van der Waals surface area contributed by atoms with Crippen molar-refractivity contribution in [1.82, 2.24) is 14.5 Å². The van der Waals surface area contributed by atoms with Crippen LogP contribution in [-0.2, 0) is 29.1 Å². The maximum Gasteiger partial charge on any atom is 0.321 e. The van der Waals surface area contributed by atoms with Gasteiger partial charge in [-0.2, -0.15) is 4.31 Å². The van der Waals surface area contributed by atoms with E-state index < -0.39 is 35.1 Å². The number of hydrogen-bond acceptors (Lipinski definition) is 6. The van der Waals surface area contributed by atoms with Crippen molar-refractivity contribution in [2.45, 2.75) is 18.9 Å². The van der Waals surface area contributed by atoms with Crippen LogP contribution >= 0.6 is 0 Å². The second-order valence-corrected chi connectivity index (χ2v) is 8.69. The standard InChI is InChI=1S/C19H25N3O6S/c1-21(12-17(23)20-16-8-9-16)18(24)14-28-19(25)13-22(2)29(26,27)11-10-15-6-4-3-5-7-15/h3-7,10-11,16H,8-9,12-14H2,1-2H3,(H,20,23)/b11-10+. The second-order valence-electron chi connectivity index (χ2n) is 6.77. The van der Waals surface area contributed by atoms with Crippen LogP contribution in [-0.4, -0.2) is 75.2 Å². The van der Waals surface area contributed by atoms with Crippen LogP contribution in [0.25, 0.3) is 6.08 Å². The van der Waals surface area contributed by atoms with Crippen LogP contribution in [0, 0.1) is 0 Å². The molecule has 9 nitrogen and oxygen atoms in total. The molecule has 2 amide bonds. The van der Waals surface area contributed by atoms with Gasteiger partial charge in [-0.1, -0.05) is 30.3 Å². The number of esters is 1. The molecule has 0 heterocycles. The van der Waals surface area contributed by atoms with E-state index in [0.29, 0.717) is 5.56 Å². The van der Waals surface area contributed by atoms with Crippen molar-refractivity contribution in [1.29, 1.82) is 0 Å². The van der Waals surface area contributed by atoms with Gasteiger partial charge in [0.1, 0.15) is 6.54 Å². The summed E-state index contributed by atoms with van der Waals surface area (Å²) in [5.41, 5.74) is 0.700. The first-order valence-corrected chi connectivity index (χ1v) is 10.6. The summed E-state index contributed by atoms with van der Waals surface area (Å²) in [7, 11) is -1.16. The van der Waals surface area contributed by atoms with Crippen LogP contribution in [0.3, 0.4) is 0 Å². The number of rotatable bonds is 10. The summed E-state index contributed by atoms with van der Waals surface area (Å²) in [6.45, 7) is -1.24. The molecule has 158 valence electrons. The topological polar surface area (TPSA) is 113 Å². The lowest BCUT2D eigenvalue weighted by Gasteiger charge is -2.17. The Morgan fingerprint density at radius 2 is 1.79 bits per heavy atom. The SMILES string of the molecule is CN(CC(=O)NC1CC1)C(=O)COC(=O)CN(C)S(=O)(=O)/C=C/c1ccccc1. The van der Waals surface area contributed by atoms with E-state index in [1.165, 1.54) is 20.2 Å². The first kappa shape index (κ1) is 22.6. The third-order valence-electron chi connectivity index (χ3n) is 4.12. The molecule has 0 aliphatic heterocycles. The minimum Gasteiger partial charge on any atom is -0.455 e. The molecule has 1 aromatic rings. The lowest BCUT2D eigenvalue weighted by molar-refractivity contribution is -0.151. The van der Waals surface area contributed by atoms with Gasteiger partial charge in [0.2, 0.25) is 15.9 Å². The van der Waals surface area contributed by atoms with E-state index in [1.54, 1.807) is 24.3 Å². The molecule has 1 aliphatic carbocycles. The van der Waals surface area contributed by atoms with Crippen molar-refractivity contribution in [2.75, 3.05) is 33.8 Å². The summed E-state index contributed by atoms with van der Waals surface area (Å²) in [4.78, 5) is 36.6. The summed E-state index contributed by atoms with van der Waals surface area (Å²) in [5, 5.41) is 3.74. The summed E-state index contributed by atoms with van der Waals surface area (Å²) in [6.07, 6.45) is 3.30. The monoisotopic (exact) mass is 423 g/mol. The van der Waals surface area contributed by atoms with Gasteiger partial charge in [-0.05, 0) is 24.5 Å². The third-order valence-corrected chi connectivity index (χ3v) is 5.60. The van der Waals surface area contributed by atoms with Gasteiger partial charge in [-0.3, -0.25) is 14.4 Å². The van der Waals surface area contributed by atoms with E-state index in [9.17, 15) is 22.8 Å². The average molecular weight is 423 g/mol. The van der Waals surface area contributed by atoms with Crippen LogP contribution < -0.4 is 5.32 Å². The van der Waals surface area contributed by atoms with Crippen LogP contribution in [0.4, 0.5) is 0 Å². The lowest BCUT2D eigenvalue weighted by Crippen LogP contribution is -2.41. The van der Waals surface area contributed by atoms with Gasteiger partial charge in [-0.15, -0.1) is 0 Å². The van der Waals surface area contributed by atoms with Crippen LogP contribution in [0.1, 0.15) is 18.4 Å². The van der Waals surface area contributed by atoms with E-state index in [2.05, 4.69) is 5.32 Å². The van der Waals surface area contributed by atoms with E-state index in [4.69, 9.17) is 4.74 Å². The normalized spacial score (nSPS) is 14.0. The summed E-state index contributed by atoms with van der Waals surface area (Å²) < 4.78 is 30.1. The highest BCUT2D eigenvalue weighted by atomic mass is 32.2. The molecule has 29 heavy (non-hydrogen) atoms. The van der Waals surface area contributed by atoms with Crippen molar-refractivity contribution in [3.05, 3.63) is 41.3 Å². The average Bonchev–Trinajstić information content (AvgIpc) is 3.49. The molecule has 10 heteroatoms. The fraction of sp³-hybridized carbons (Fsp3) is 0.421. The van der Waals surface area contributed by atoms with Gasteiger partial charge < -0.3 is 15.0 Å². The summed E-state index contributed by atoms with van der Waals surface area (Å²) in [5.74, 6) is -1.70. The molecule has 0 spiro atoms. The predicted octanol–water partition coefficient (Wildman–Crippen LogP) is 0.199. The zero-order chi connectivity index (χ0) is 21.4. The van der Waals surface area contributed by atoms with Crippen LogP contribution in [0.15, 0.2) is 35.7 Å². The van der Waals surface area contributed by atoms with Crippen molar-refractivity contribution >= 4 is 33.9 Å². The molecule has 0 bridgehead atoms. The van der Waals surface area contributed by atoms with E-state index in [1.807, 2.05) is 6.07 Å². The smallest absolute Gasteiger partial charge is 0.321 e. The molecule has 0 unspecified atom stereocenters. The number of hydrogen-bond donors (Lipinski definition) is 1. The molecule has 0 saturated heterocycles. The number of likely N-dealkylation sites (N-methyl/N-ethyl adjacent to an activating group) is 2. The van der Waals surface area contributed by atoms with Crippen molar-refractivity contribution in [3.63, 3.8) is 0 Å². The van der Waals surface area contributed by atoms with Crippen molar-refractivity contribution < 1.29 is 27.5 Å². The minimum atomic E-state index is -3.83. The first-order chi connectivity index (χ1) is 13.7. The number of carbonyl (C=O) groups excluding carboxylic acids is 3. The van der Waals surface area contributed by atoms with Gasteiger partial charge in [0.15, 0.2) is 6.61 Å². The molecular weight excluding hydrogens is 398 g/mol. The summed E-state index contributed by atoms with van der Waals surface area (Å²) in [6, 6.07) is 9.04. The molecule has 0 radical (unpaired) electrons. The Morgan fingerprint density at radius 3 is 2.41 bits per heavy atom. The van der Waals surface area contributed by atoms with Gasteiger partial charge in [0, 0.05) is 25.5 Å². The number of nitrogens with zero attached hydrogens (tertiary/aromatic N) is 2. The Balaban J connectivity index is 1.76. The number of sulfonamides is 1. The molecule has 1 aromatic carbocycles. The largest absolute Gasteiger partial charge is 0.455 e. The quantitative estimate of drug-likeness (QED) is 0.538. The Kier molecular flexibility index (Phi) is 7.91. The highest BCUT2D eigenvalue weighted by Gasteiger charge is 2.25. The van der Waals surface area contributed by atoms with Gasteiger partial charge >= 0.3 is 5.97 Å². The molecule has 1 N–H and O–H groups in total. The Labute approximate surface area is 170 Å². The Morgan fingerprint density at radius 1 is 1.14 bits per heavy atom. The van der Waals surface area contributed by atoms with E-state index >= 15 is 0 Å². The number of amides is 2. The van der Waals surface area contributed by atoms with E-state index in [-0.39, 0.29) is 18.5 Å². The minimum absolute atomic E-state index is 0.133. The molecule has 1 saturated carbocycles. The maximum atomic E-state index is 12.2. The lowest BCUT2D eigenvalue weighted by atomic mass is 10.2. The predicted molar refractivity (Wildman–Crippen MR) is 107 cm³/mol. The van der Waals surface area contributed by atoms with Gasteiger partial charge in [0.05, 0.1) is 6.54 Å².